The van der Waals surface area contributed by atoms with Crippen LogP contribution in [-0.4, -0.2) is 31.8 Å². The van der Waals surface area contributed by atoms with Crippen molar-refractivity contribution in [3.8, 4) is 59.9 Å². The molecule has 8 aromatic rings. The van der Waals surface area contributed by atoms with Crippen molar-refractivity contribution in [3.05, 3.63) is 93.7 Å². The molecule has 7 heterocycles. The first-order chi connectivity index (χ1) is 27.0. The summed E-state index contributed by atoms with van der Waals surface area (Å²) in [6.45, 7) is 8.98. The molecule has 0 N–H and O–H groups in total. The number of hydrogen-bond acceptors (Lipinski definition) is 11. The zero-order chi connectivity index (χ0) is 37.7. The Morgan fingerprint density at radius 3 is 1.31 bits per heavy atom. The lowest BCUT2D eigenvalue weighted by Gasteiger charge is -2.03. The molecular formula is C44H44N2S9. The van der Waals surface area contributed by atoms with Crippen LogP contribution in [0.25, 0.3) is 70.9 Å². The van der Waals surface area contributed by atoms with Gasteiger partial charge in [0.1, 0.15) is 11.0 Å². The van der Waals surface area contributed by atoms with Crippen LogP contribution in [0.5, 0.6) is 0 Å². The van der Waals surface area contributed by atoms with Crippen LogP contribution < -0.4 is 0 Å². The first-order valence-corrected chi connectivity index (χ1v) is 26.9. The smallest absolute Gasteiger partial charge is 0.114 e. The van der Waals surface area contributed by atoms with Gasteiger partial charge in [-0.25, -0.2) is 0 Å². The van der Waals surface area contributed by atoms with E-state index < -0.39 is 0 Å². The van der Waals surface area contributed by atoms with Crippen LogP contribution in [0.2, 0.25) is 0 Å². The minimum Gasteiger partial charge on any atom is -0.172 e. The van der Waals surface area contributed by atoms with Gasteiger partial charge in [0.15, 0.2) is 0 Å². The third kappa shape index (κ3) is 9.16. The summed E-state index contributed by atoms with van der Waals surface area (Å²) in [6.07, 6.45) is 7.38. The van der Waals surface area contributed by atoms with Gasteiger partial charge in [-0.15, -0.1) is 68.0 Å². The lowest BCUT2D eigenvalue weighted by Crippen LogP contribution is -1.89. The molecule has 55 heavy (non-hydrogen) atoms. The third-order valence-electron chi connectivity index (χ3n) is 9.51. The molecule has 0 aliphatic rings. The highest BCUT2D eigenvalue weighted by atomic mass is 32.2. The van der Waals surface area contributed by atoms with E-state index in [1.165, 1.54) is 141 Å². The van der Waals surface area contributed by atoms with Crippen LogP contribution in [0.1, 0.15) is 60.4 Å². The Kier molecular flexibility index (Phi) is 13.5. The lowest BCUT2D eigenvalue weighted by molar-refractivity contribution is 0.895. The monoisotopic (exact) mass is 888 g/mol. The molecule has 7 aromatic heterocycles. The Morgan fingerprint density at radius 1 is 0.455 bits per heavy atom. The molecule has 0 aliphatic carbocycles. The molecule has 0 aliphatic heterocycles. The number of unbranched alkanes of at least 4 members (excludes halogenated alkanes) is 2. The molecular weight excluding hydrogens is 845 g/mol. The Bertz CT molecular complexity index is 2310. The van der Waals surface area contributed by atoms with Crippen LogP contribution in [0.3, 0.4) is 0 Å². The average molecular weight is 889 g/mol. The predicted octanol–water partition coefficient (Wildman–Crippen LogP) is 16.8. The summed E-state index contributed by atoms with van der Waals surface area (Å²) in [5.41, 5.74) is 7.34. The van der Waals surface area contributed by atoms with Gasteiger partial charge in [-0.3, -0.25) is 0 Å². The van der Waals surface area contributed by atoms with E-state index in [9.17, 15) is 0 Å². The van der Waals surface area contributed by atoms with Crippen LogP contribution in [-0.2, 0) is 12.8 Å². The van der Waals surface area contributed by atoms with E-state index in [0.717, 1.165) is 23.9 Å². The fraction of sp³-hybridized carbons (Fsp3) is 0.318. The molecule has 8 rings (SSSR count). The van der Waals surface area contributed by atoms with Crippen molar-refractivity contribution in [3.63, 3.8) is 0 Å². The topological polar surface area (TPSA) is 25.8 Å². The van der Waals surface area contributed by atoms with Gasteiger partial charge in [0, 0.05) is 69.7 Å². The van der Waals surface area contributed by atoms with Gasteiger partial charge in [0.25, 0.3) is 0 Å². The molecule has 0 saturated carbocycles. The van der Waals surface area contributed by atoms with E-state index in [1.54, 1.807) is 0 Å². The van der Waals surface area contributed by atoms with E-state index in [-0.39, 0.29) is 0 Å². The lowest BCUT2D eigenvalue weighted by atomic mass is 10.1. The molecule has 1 aromatic carbocycles. The summed E-state index contributed by atoms with van der Waals surface area (Å²) in [5, 5.41) is 0. The number of aryl methyl sites for hydroxylation is 4. The number of benzene rings is 1. The van der Waals surface area contributed by atoms with Crippen molar-refractivity contribution in [2.24, 2.45) is 0 Å². The molecule has 0 radical (unpaired) electrons. The van der Waals surface area contributed by atoms with Gasteiger partial charge < -0.3 is 0 Å². The van der Waals surface area contributed by atoms with Crippen molar-refractivity contribution < 1.29 is 0 Å². The molecule has 0 saturated heterocycles. The van der Waals surface area contributed by atoms with E-state index >= 15 is 0 Å². The van der Waals surface area contributed by atoms with E-state index in [2.05, 4.69) is 124 Å². The van der Waals surface area contributed by atoms with Gasteiger partial charge in [-0.2, -0.15) is 32.3 Å². The van der Waals surface area contributed by atoms with Gasteiger partial charge in [0.05, 0.1) is 11.7 Å². The normalized spacial score (nSPS) is 11.8. The number of aromatic nitrogens is 2. The van der Waals surface area contributed by atoms with Crippen molar-refractivity contribution >= 4 is 114 Å². The quantitative estimate of drug-likeness (QED) is 0.0802. The molecule has 0 atom stereocenters. The van der Waals surface area contributed by atoms with E-state index in [0.29, 0.717) is 0 Å². The summed E-state index contributed by atoms with van der Waals surface area (Å²) in [5.74, 6) is 4.87. The second-order valence-corrected chi connectivity index (χ2v) is 23.5. The molecule has 11 heteroatoms. The SMILES string of the molecule is CCCCSCCc1cc(-c2ccc(-c3ccc(-c4ccc(-c5cc(CCSCCCC)c(-c6ccc(C)s6)s5)s4)c4nsnc34)s2)sc1-c1ccc(C)s1. The van der Waals surface area contributed by atoms with Gasteiger partial charge in [-0.1, -0.05) is 38.8 Å². The van der Waals surface area contributed by atoms with Crippen LogP contribution in [0.15, 0.2) is 72.8 Å². The Hall–Kier alpha value is -2.06. The standard InChI is InChI=1S/C44H44N2S9/c1-5-7-21-47-23-19-29-25-39(53-43(29)37-13-9-27(3)49-37)35-17-15-33(51-35)31-11-12-32(42-41(31)45-55-46-42)34-16-18-36(52-34)40-26-30(20-24-48-22-8-6-2)44(54-40)38-14-10-28(4)50-38/h9-18,25-26H,5-8,19-24H2,1-4H3. The maximum atomic E-state index is 4.89. The van der Waals surface area contributed by atoms with Crippen molar-refractivity contribution in [1.29, 1.82) is 0 Å². The van der Waals surface area contributed by atoms with Crippen LogP contribution in [0, 0.1) is 13.8 Å². The molecule has 284 valence electrons. The summed E-state index contributed by atoms with van der Waals surface area (Å²) in [4.78, 5) is 16.3. The number of hydrogen-bond donors (Lipinski definition) is 0. The van der Waals surface area contributed by atoms with E-state index in [1.807, 2.05) is 68.0 Å². The molecule has 2 nitrogen and oxygen atoms in total. The summed E-state index contributed by atoms with van der Waals surface area (Å²) in [7, 11) is 0. The number of nitrogens with zero attached hydrogens (tertiary/aromatic N) is 2. The minimum absolute atomic E-state index is 1.01. The second kappa shape index (κ2) is 18.7. The van der Waals surface area contributed by atoms with Crippen molar-refractivity contribution in [2.45, 2.75) is 66.2 Å². The number of rotatable bonds is 18. The fourth-order valence-corrected chi connectivity index (χ4v) is 15.9. The number of thiophene rings is 6. The molecule has 0 spiro atoms. The number of fused-ring (bicyclic) bond motifs is 1. The van der Waals surface area contributed by atoms with Crippen LogP contribution >= 0.6 is 103 Å². The fourth-order valence-electron chi connectivity index (χ4n) is 6.56. The summed E-state index contributed by atoms with van der Waals surface area (Å²) in [6, 6.07) is 27.8. The zero-order valence-corrected chi connectivity index (χ0v) is 38.9. The second-order valence-electron chi connectivity index (χ2n) is 13.6. The minimum atomic E-state index is 1.01. The number of thioether (sulfide) groups is 2. The molecule has 0 fully saturated rings. The summed E-state index contributed by atoms with van der Waals surface area (Å²) < 4.78 is 9.77. The summed E-state index contributed by atoms with van der Waals surface area (Å²) >= 11 is 17.0. The first kappa shape index (κ1) is 39.8. The Balaban J connectivity index is 1.05. The highest BCUT2D eigenvalue weighted by Crippen LogP contribution is 2.48. The molecule has 0 bridgehead atoms. The highest BCUT2D eigenvalue weighted by molar-refractivity contribution is 7.99. The average Bonchev–Trinajstić information content (AvgIpc) is 4.03. The molecule has 0 amide bonds. The van der Waals surface area contributed by atoms with Gasteiger partial charge >= 0.3 is 0 Å². The first-order valence-electron chi connectivity index (χ1n) is 19.0. The maximum Gasteiger partial charge on any atom is 0.114 e. The largest absolute Gasteiger partial charge is 0.172 e. The van der Waals surface area contributed by atoms with Crippen LogP contribution in [0.4, 0.5) is 0 Å². The molecule has 0 unspecified atom stereocenters. The Labute approximate surface area is 362 Å². The predicted molar refractivity (Wildman–Crippen MR) is 259 cm³/mol. The highest BCUT2D eigenvalue weighted by Gasteiger charge is 2.20. The zero-order valence-electron chi connectivity index (χ0n) is 31.6. The van der Waals surface area contributed by atoms with E-state index in [4.69, 9.17) is 8.75 Å². The van der Waals surface area contributed by atoms with Gasteiger partial charge in [0.2, 0.25) is 0 Å². The maximum absolute atomic E-state index is 4.89. The van der Waals surface area contributed by atoms with Gasteiger partial charge in [-0.05, 0) is 134 Å². The van der Waals surface area contributed by atoms with Crippen molar-refractivity contribution in [1.82, 2.24) is 8.75 Å². The third-order valence-corrected chi connectivity index (χ3v) is 19.5. The Morgan fingerprint density at radius 2 is 0.891 bits per heavy atom. The van der Waals surface area contributed by atoms with Crippen molar-refractivity contribution in [2.75, 3.05) is 23.0 Å².